The van der Waals surface area contributed by atoms with Crippen molar-refractivity contribution in [3.8, 4) is 0 Å². The van der Waals surface area contributed by atoms with Gasteiger partial charge < -0.3 is 10.0 Å². The molecule has 0 amide bonds. The molecular weight excluding hydrogens is 204 g/mol. The summed E-state index contributed by atoms with van der Waals surface area (Å²) in [4.78, 5) is 15.6. The summed E-state index contributed by atoms with van der Waals surface area (Å²) in [5, 5.41) is 8.90. The standard InChI is InChI=1S/C12H22N2O2/c1-9-6-11(8-13(9)2)14-5-3-4-10(14)7-12(15)16/h9-11H,3-8H2,1-2H3,(H,15,16). The zero-order chi connectivity index (χ0) is 11.7. The van der Waals surface area contributed by atoms with Crippen LogP contribution in [0.15, 0.2) is 0 Å². The van der Waals surface area contributed by atoms with Crippen molar-refractivity contribution in [2.45, 2.75) is 50.7 Å². The number of hydrogen-bond acceptors (Lipinski definition) is 3. The molecule has 2 aliphatic rings. The van der Waals surface area contributed by atoms with E-state index in [0.717, 1.165) is 25.9 Å². The highest BCUT2D eigenvalue weighted by Crippen LogP contribution is 2.28. The second-order valence-electron chi connectivity index (χ2n) is 5.31. The zero-order valence-electron chi connectivity index (χ0n) is 10.2. The number of hydrogen-bond donors (Lipinski definition) is 1. The molecule has 0 aliphatic carbocycles. The van der Waals surface area contributed by atoms with E-state index >= 15 is 0 Å². The van der Waals surface area contributed by atoms with Crippen molar-refractivity contribution in [3.63, 3.8) is 0 Å². The minimum absolute atomic E-state index is 0.279. The Morgan fingerprint density at radius 1 is 1.50 bits per heavy atom. The van der Waals surface area contributed by atoms with Gasteiger partial charge in [-0.3, -0.25) is 9.69 Å². The number of carboxylic acids is 1. The lowest BCUT2D eigenvalue weighted by Crippen LogP contribution is -2.41. The summed E-state index contributed by atoms with van der Waals surface area (Å²) in [5.41, 5.74) is 0. The maximum absolute atomic E-state index is 10.8. The zero-order valence-corrected chi connectivity index (χ0v) is 10.2. The average molecular weight is 226 g/mol. The summed E-state index contributed by atoms with van der Waals surface area (Å²) < 4.78 is 0. The third-order valence-corrected chi connectivity index (χ3v) is 4.17. The first-order chi connectivity index (χ1) is 7.58. The lowest BCUT2D eigenvalue weighted by Gasteiger charge is -2.29. The van der Waals surface area contributed by atoms with Crippen LogP contribution >= 0.6 is 0 Å². The normalized spacial score (nSPS) is 37.0. The van der Waals surface area contributed by atoms with Gasteiger partial charge in [-0.05, 0) is 39.8 Å². The number of carbonyl (C=O) groups is 1. The van der Waals surface area contributed by atoms with E-state index in [1.807, 2.05) is 0 Å². The Labute approximate surface area is 97.2 Å². The van der Waals surface area contributed by atoms with Gasteiger partial charge in [0.1, 0.15) is 0 Å². The summed E-state index contributed by atoms with van der Waals surface area (Å²) >= 11 is 0. The minimum atomic E-state index is -0.656. The quantitative estimate of drug-likeness (QED) is 0.780. The third-order valence-electron chi connectivity index (χ3n) is 4.17. The predicted molar refractivity (Wildman–Crippen MR) is 62.5 cm³/mol. The Kier molecular flexibility index (Phi) is 3.50. The summed E-state index contributed by atoms with van der Waals surface area (Å²) in [7, 11) is 2.16. The van der Waals surface area contributed by atoms with Crippen LogP contribution in [-0.2, 0) is 4.79 Å². The number of nitrogens with zero attached hydrogens (tertiary/aromatic N) is 2. The van der Waals surface area contributed by atoms with E-state index in [1.165, 1.54) is 6.42 Å². The molecule has 0 aromatic heterocycles. The highest BCUT2D eigenvalue weighted by molar-refractivity contribution is 5.67. The molecule has 2 heterocycles. The predicted octanol–water partition coefficient (Wildman–Crippen LogP) is 1.02. The van der Waals surface area contributed by atoms with E-state index < -0.39 is 5.97 Å². The van der Waals surface area contributed by atoms with Crippen LogP contribution in [0.1, 0.15) is 32.6 Å². The van der Waals surface area contributed by atoms with Crippen LogP contribution in [0.5, 0.6) is 0 Å². The number of aliphatic carboxylic acids is 1. The topological polar surface area (TPSA) is 43.8 Å². The molecule has 92 valence electrons. The number of likely N-dealkylation sites (tertiary alicyclic amines) is 2. The van der Waals surface area contributed by atoms with Crippen molar-refractivity contribution in [2.75, 3.05) is 20.1 Å². The second kappa shape index (κ2) is 4.72. The summed E-state index contributed by atoms with van der Waals surface area (Å²) in [6.07, 6.45) is 3.72. The fraction of sp³-hybridized carbons (Fsp3) is 0.917. The molecule has 0 spiro atoms. The molecule has 0 aromatic rings. The minimum Gasteiger partial charge on any atom is -0.481 e. The van der Waals surface area contributed by atoms with Crippen LogP contribution in [-0.4, -0.2) is 59.1 Å². The monoisotopic (exact) mass is 226 g/mol. The lowest BCUT2D eigenvalue weighted by atomic mass is 10.1. The maximum Gasteiger partial charge on any atom is 0.304 e. The van der Waals surface area contributed by atoms with E-state index in [0.29, 0.717) is 18.5 Å². The molecule has 0 radical (unpaired) electrons. The highest BCUT2D eigenvalue weighted by Gasteiger charge is 2.37. The molecule has 2 aliphatic heterocycles. The van der Waals surface area contributed by atoms with Crippen molar-refractivity contribution in [1.82, 2.24) is 9.80 Å². The Balaban J connectivity index is 1.95. The van der Waals surface area contributed by atoms with E-state index in [4.69, 9.17) is 5.11 Å². The van der Waals surface area contributed by atoms with E-state index in [9.17, 15) is 4.79 Å². The molecule has 0 bridgehead atoms. The largest absolute Gasteiger partial charge is 0.481 e. The fourth-order valence-electron chi connectivity index (χ4n) is 3.16. The van der Waals surface area contributed by atoms with Gasteiger partial charge in [-0.15, -0.1) is 0 Å². The second-order valence-corrected chi connectivity index (χ2v) is 5.31. The van der Waals surface area contributed by atoms with Gasteiger partial charge in [0, 0.05) is 24.7 Å². The van der Waals surface area contributed by atoms with Crippen LogP contribution in [0, 0.1) is 0 Å². The summed E-state index contributed by atoms with van der Waals surface area (Å²) in [5.74, 6) is -0.656. The fourth-order valence-corrected chi connectivity index (χ4v) is 3.16. The van der Waals surface area contributed by atoms with Crippen LogP contribution in [0.3, 0.4) is 0 Å². The van der Waals surface area contributed by atoms with Gasteiger partial charge in [-0.1, -0.05) is 0 Å². The van der Waals surface area contributed by atoms with Gasteiger partial charge in [-0.2, -0.15) is 0 Å². The van der Waals surface area contributed by atoms with E-state index in [2.05, 4.69) is 23.8 Å². The molecule has 16 heavy (non-hydrogen) atoms. The molecule has 0 aromatic carbocycles. The molecule has 0 saturated carbocycles. The van der Waals surface area contributed by atoms with Crippen LogP contribution < -0.4 is 0 Å². The molecule has 2 rings (SSSR count). The molecule has 4 nitrogen and oxygen atoms in total. The van der Waals surface area contributed by atoms with Crippen LogP contribution in [0.4, 0.5) is 0 Å². The Morgan fingerprint density at radius 3 is 2.81 bits per heavy atom. The number of carboxylic acid groups (broad SMARTS) is 1. The van der Waals surface area contributed by atoms with Gasteiger partial charge in [0.05, 0.1) is 6.42 Å². The summed E-state index contributed by atoms with van der Waals surface area (Å²) in [6.45, 7) is 4.43. The maximum atomic E-state index is 10.8. The first-order valence-corrected chi connectivity index (χ1v) is 6.25. The average Bonchev–Trinajstić information content (AvgIpc) is 2.74. The lowest BCUT2D eigenvalue weighted by molar-refractivity contribution is -0.138. The van der Waals surface area contributed by atoms with Crippen LogP contribution in [0.2, 0.25) is 0 Å². The Morgan fingerprint density at radius 2 is 2.25 bits per heavy atom. The first kappa shape index (κ1) is 11.9. The van der Waals surface area contributed by atoms with Crippen molar-refractivity contribution in [2.24, 2.45) is 0 Å². The molecule has 3 atom stereocenters. The smallest absolute Gasteiger partial charge is 0.304 e. The third kappa shape index (κ3) is 2.38. The van der Waals surface area contributed by atoms with Crippen molar-refractivity contribution >= 4 is 5.97 Å². The van der Waals surface area contributed by atoms with Gasteiger partial charge >= 0.3 is 5.97 Å². The van der Waals surface area contributed by atoms with Gasteiger partial charge in [-0.25, -0.2) is 0 Å². The molecule has 3 unspecified atom stereocenters. The first-order valence-electron chi connectivity index (χ1n) is 6.25. The SMILES string of the molecule is CC1CC(N2CCCC2CC(=O)O)CN1C. The van der Waals surface area contributed by atoms with E-state index in [-0.39, 0.29) is 6.04 Å². The number of likely N-dealkylation sites (N-methyl/N-ethyl adjacent to an activating group) is 1. The van der Waals surface area contributed by atoms with Gasteiger partial charge in [0.25, 0.3) is 0 Å². The molecular formula is C12H22N2O2. The van der Waals surface area contributed by atoms with Gasteiger partial charge in [0.2, 0.25) is 0 Å². The highest BCUT2D eigenvalue weighted by atomic mass is 16.4. The Hall–Kier alpha value is -0.610. The molecule has 1 N–H and O–H groups in total. The Bertz CT molecular complexity index is 260. The molecule has 4 heteroatoms. The number of rotatable bonds is 3. The molecule has 2 saturated heterocycles. The molecule has 2 fully saturated rings. The summed E-state index contributed by atoms with van der Waals surface area (Å²) in [6, 6.07) is 1.49. The van der Waals surface area contributed by atoms with E-state index in [1.54, 1.807) is 0 Å². The van der Waals surface area contributed by atoms with Crippen molar-refractivity contribution in [1.29, 1.82) is 0 Å². The van der Waals surface area contributed by atoms with Crippen LogP contribution in [0.25, 0.3) is 0 Å². The van der Waals surface area contributed by atoms with Gasteiger partial charge in [0.15, 0.2) is 0 Å². The van der Waals surface area contributed by atoms with Crippen molar-refractivity contribution in [3.05, 3.63) is 0 Å². The van der Waals surface area contributed by atoms with Crippen molar-refractivity contribution < 1.29 is 9.90 Å².